The van der Waals surface area contributed by atoms with Gasteiger partial charge in [-0.2, -0.15) is 0 Å². The first-order valence-corrected chi connectivity index (χ1v) is 5.16. The minimum Gasteiger partial charge on any atom is -0.393 e. The molecule has 0 aliphatic rings. The molecule has 0 aliphatic heterocycles. The summed E-state index contributed by atoms with van der Waals surface area (Å²) < 4.78 is 13.7. The highest BCUT2D eigenvalue weighted by Gasteiger charge is 2.13. The highest BCUT2D eigenvalue weighted by atomic mass is 16.8. The zero-order valence-electron chi connectivity index (χ0n) is 10.7. The van der Waals surface area contributed by atoms with Crippen LogP contribution in [-0.4, -0.2) is 23.5 Å². The van der Waals surface area contributed by atoms with Crippen LogP contribution in [-0.2, 0) is 33.4 Å². The molecule has 0 aliphatic carbocycles. The van der Waals surface area contributed by atoms with E-state index in [1.165, 1.54) is 13.8 Å². The van der Waals surface area contributed by atoms with Crippen molar-refractivity contribution in [2.24, 2.45) is 0 Å². The topological polar surface area (TPSA) is 96.0 Å². The van der Waals surface area contributed by atoms with E-state index in [0.29, 0.717) is 0 Å². The number of Topliss-reactive ketones (excluding diaryl/α,β-unsaturated/α-hetero) is 2. The molecule has 0 bridgehead atoms. The van der Waals surface area contributed by atoms with Crippen LogP contribution in [0.25, 0.3) is 0 Å². The monoisotopic (exact) mass is 270 g/mol. The van der Waals surface area contributed by atoms with E-state index in [9.17, 15) is 19.2 Å². The molecule has 0 N–H and O–H groups in total. The van der Waals surface area contributed by atoms with Crippen LogP contribution in [0.5, 0.6) is 0 Å². The van der Waals surface area contributed by atoms with Crippen molar-refractivity contribution in [1.29, 1.82) is 0 Å². The Kier molecular flexibility index (Phi) is 6.80. The van der Waals surface area contributed by atoms with Crippen LogP contribution in [0.4, 0.5) is 0 Å². The zero-order chi connectivity index (χ0) is 15.0. The number of esters is 2. The summed E-state index contributed by atoms with van der Waals surface area (Å²) >= 11 is 0. The molecule has 19 heavy (non-hydrogen) atoms. The Labute approximate surface area is 109 Å². The lowest BCUT2D eigenvalue weighted by Crippen LogP contribution is -2.12. The van der Waals surface area contributed by atoms with Crippen LogP contribution in [0.15, 0.2) is 25.0 Å². The molecule has 0 unspecified atom stereocenters. The van der Waals surface area contributed by atoms with Crippen molar-refractivity contribution in [2.75, 3.05) is 0 Å². The SMILES string of the molecule is C=C(OC(=C)OC(=O)CC(C)=O)OC(=O)CC(C)=O. The summed E-state index contributed by atoms with van der Waals surface area (Å²) in [6.07, 6.45) is -0.863. The molecular weight excluding hydrogens is 256 g/mol. The lowest BCUT2D eigenvalue weighted by molar-refractivity contribution is -0.150. The minimum absolute atomic E-state index is 0.385. The number of carbonyl (C=O) groups excluding carboxylic acids is 4. The molecule has 0 fully saturated rings. The molecule has 0 atom stereocenters. The smallest absolute Gasteiger partial charge is 0.321 e. The van der Waals surface area contributed by atoms with Gasteiger partial charge in [-0.15, -0.1) is 0 Å². The normalized spacial score (nSPS) is 9.16. The van der Waals surface area contributed by atoms with Gasteiger partial charge in [-0.05, 0) is 27.0 Å². The quantitative estimate of drug-likeness (QED) is 0.368. The fourth-order valence-corrected chi connectivity index (χ4v) is 0.901. The van der Waals surface area contributed by atoms with E-state index < -0.39 is 36.7 Å². The number of ether oxygens (including phenoxy) is 3. The van der Waals surface area contributed by atoms with Crippen molar-refractivity contribution in [3.63, 3.8) is 0 Å². The zero-order valence-corrected chi connectivity index (χ0v) is 10.7. The third-order valence-corrected chi connectivity index (χ3v) is 1.47. The molecule has 0 aromatic rings. The van der Waals surface area contributed by atoms with Gasteiger partial charge in [0.2, 0.25) is 0 Å². The van der Waals surface area contributed by atoms with Crippen molar-refractivity contribution in [3.05, 3.63) is 25.0 Å². The van der Waals surface area contributed by atoms with E-state index in [0.717, 1.165) is 0 Å². The molecular formula is C12H14O7. The van der Waals surface area contributed by atoms with Gasteiger partial charge in [-0.3, -0.25) is 19.2 Å². The van der Waals surface area contributed by atoms with Gasteiger partial charge >= 0.3 is 11.9 Å². The lowest BCUT2D eigenvalue weighted by atomic mass is 10.3. The number of carbonyl (C=O) groups is 4. The fraction of sp³-hybridized carbons (Fsp3) is 0.333. The largest absolute Gasteiger partial charge is 0.393 e. The summed E-state index contributed by atoms with van der Waals surface area (Å²) in [6.45, 7) is 8.86. The maximum atomic E-state index is 11.0. The fourth-order valence-electron chi connectivity index (χ4n) is 0.901. The van der Waals surface area contributed by atoms with E-state index in [2.05, 4.69) is 27.4 Å². The molecule has 0 amide bonds. The summed E-state index contributed by atoms with van der Waals surface area (Å²) in [4.78, 5) is 43.3. The van der Waals surface area contributed by atoms with Gasteiger partial charge in [-0.1, -0.05) is 0 Å². The Hall–Kier alpha value is -2.44. The lowest BCUT2D eigenvalue weighted by Gasteiger charge is -2.09. The first kappa shape index (κ1) is 16.6. The van der Waals surface area contributed by atoms with Crippen molar-refractivity contribution in [3.8, 4) is 0 Å². The van der Waals surface area contributed by atoms with Crippen LogP contribution >= 0.6 is 0 Å². The number of hydrogen-bond donors (Lipinski definition) is 0. The highest BCUT2D eigenvalue weighted by Crippen LogP contribution is 2.08. The van der Waals surface area contributed by atoms with Gasteiger partial charge in [-0.25, -0.2) is 0 Å². The number of hydrogen-bond acceptors (Lipinski definition) is 7. The molecule has 0 saturated heterocycles. The first-order valence-electron chi connectivity index (χ1n) is 5.16. The summed E-state index contributed by atoms with van der Waals surface area (Å²) in [5, 5.41) is 0. The molecule has 0 spiro atoms. The van der Waals surface area contributed by atoms with Gasteiger partial charge in [0.1, 0.15) is 24.4 Å². The predicted molar refractivity (Wildman–Crippen MR) is 62.1 cm³/mol. The molecule has 0 heterocycles. The van der Waals surface area contributed by atoms with Gasteiger partial charge < -0.3 is 14.2 Å². The molecule has 0 rings (SSSR count). The molecule has 0 radical (unpaired) electrons. The third kappa shape index (κ3) is 9.28. The second-order valence-electron chi connectivity index (χ2n) is 3.55. The van der Waals surface area contributed by atoms with Crippen molar-refractivity contribution >= 4 is 23.5 Å². The van der Waals surface area contributed by atoms with Crippen LogP contribution in [0.1, 0.15) is 26.7 Å². The molecule has 104 valence electrons. The van der Waals surface area contributed by atoms with Gasteiger partial charge in [0.15, 0.2) is 0 Å². The molecule has 0 aromatic carbocycles. The Morgan fingerprint density at radius 3 is 1.32 bits per heavy atom. The third-order valence-electron chi connectivity index (χ3n) is 1.47. The van der Waals surface area contributed by atoms with Crippen molar-refractivity contribution in [1.82, 2.24) is 0 Å². The van der Waals surface area contributed by atoms with E-state index >= 15 is 0 Å². The Bertz CT molecular complexity index is 393. The first-order chi connectivity index (χ1) is 8.70. The van der Waals surface area contributed by atoms with E-state index in [-0.39, 0.29) is 11.6 Å². The minimum atomic E-state index is -0.861. The van der Waals surface area contributed by atoms with Crippen molar-refractivity contribution < 1.29 is 33.4 Å². The Morgan fingerprint density at radius 2 is 1.05 bits per heavy atom. The maximum Gasteiger partial charge on any atom is 0.321 e. The molecule has 0 aromatic heterocycles. The Morgan fingerprint density at radius 1 is 0.737 bits per heavy atom. The highest BCUT2D eigenvalue weighted by molar-refractivity contribution is 5.94. The second-order valence-corrected chi connectivity index (χ2v) is 3.55. The Balaban J connectivity index is 4.09. The molecule has 7 heteroatoms. The van der Waals surface area contributed by atoms with Crippen LogP contribution in [0, 0.1) is 0 Å². The number of rotatable bonds is 8. The summed E-state index contributed by atoms with van der Waals surface area (Å²) in [5.41, 5.74) is 0. The average Bonchev–Trinajstić information content (AvgIpc) is 2.12. The van der Waals surface area contributed by atoms with E-state index in [1.54, 1.807) is 0 Å². The molecule has 0 saturated carbocycles. The maximum absolute atomic E-state index is 11.0. The number of ketones is 2. The van der Waals surface area contributed by atoms with E-state index in [1.807, 2.05) is 0 Å². The van der Waals surface area contributed by atoms with Crippen molar-refractivity contribution in [2.45, 2.75) is 26.7 Å². The van der Waals surface area contributed by atoms with Crippen LogP contribution in [0.3, 0.4) is 0 Å². The predicted octanol–water partition coefficient (Wildman–Crippen LogP) is 0.990. The van der Waals surface area contributed by atoms with Gasteiger partial charge in [0.25, 0.3) is 11.9 Å². The van der Waals surface area contributed by atoms with Crippen LogP contribution < -0.4 is 0 Å². The van der Waals surface area contributed by atoms with Gasteiger partial charge in [0, 0.05) is 0 Å². The second kappa shape index (κ2) is 7.80. The summed E-state index contributed by atoms with van der Waals surface area (Å²) in [5.74, 6) is -3.48. The standard InChI is InChI=1S/C12H14O7/c1-7(13)5-11(15)18-9(3)17-10(4)19-12(16)6-8(2)14/h3-6H2,1-2H3. The van der Waals surface area contributed by atoms with E-state index in [4.69, 9.17) is 0 Å². The summed E-state index contributed by atoms with van der Waals surface area (Å²) in [7, 11) is 0. The van der Waals surface area contributed by atoms with Crippen LogP contribution in [0.2, 0.25) is 0 Å². The average molecular weight is 270 g/mol. The summed E-state index contributed by atoms with van der Waals surface area (Å²) in [6, 6.07) is 0. The van der Waals surface area contributed by atoms with Gasteiger partial charge in [0.05, 0.1) is 0 Å². The molecule has 7 nitrogen and oxygen atoms in total.